The number of carbonyl (C=O) groups is 1. The third-order valence-corrected chi connectivity index (χ3v) is 5.37. The van der Waals surface area contributed by atoms with E-state index in [1.165, 1.54) is 4.88 Å². The van der Waals surface area contributed by atoms with Gasteiger partial charge in [-0.25, -0.2) is 0 Å². The van der Waals surface area contributed by atoms with Gasteiger partial charge in [-0.05, 0) is 34.7 Å². The Kier molecular flexibility index (Phi) is 6.45. The number of hydrogen-bond donors (Lipinski definition) is 1. The number of rotatable bonds is 7. The van der Waals surface area contributed by atoms with Crippen molar-refractivity contribution in [1.82, 2.24) is 10.2 Å². The fourth-order valence-corrected chi connectivity index (χ4v) is 3.71. The lowest BCUT2D eigenvalue weighted by atomic mass is 10.1. The number of nitrogens with one attached hydrogen (secondary N) is 1. The van der Waals surface area contributed by atoms with Crippen LogP contribution in [0.4, 0.5) is 0 Å². The molecule has 1 heterocycles. The molecule has 1 atom stereocenters. The number of amides is 1. The van der Waals surface area contributed by atoms with Gasteiger partial charge in [0.1, 0.15) is 0 Å². The predicted molar refractivity (Wildman–Crippen MR) is 109 cm³/mol. The molecule has 2 aromatic carbocycles. The Morgan fingerprint density at radius 1 is 1.08 bits per heavy atom. The van der Waals surface area contributed by atoms with Gasteiger partial charge in [-0.1, -0.05) is 60.1 Å². The molecule has 3 aromatic rings. The van der Waals surface area contributed by atoms with Crippen molar-refractivity contribution in [3.05, 3.63) is 93.1 Å². The summed E-state index contributed by atoms with van der Waals surface area (Å²) >= 11 is 7.60. The van der Waals surface area contributed by atoms with Crippen LogP contribution in [0.25, 0.3) is 0 Å². The van der Waals surface area contributed by atoms with Gasteiger partial charge >= 0.3 is 0 Å². The van der Waals surface area contributed by atoms with Gasteiger partial charge in [0.25, 0.3) is 0 Å². The molecule has 5 heteroatoms. The summed E-state index contributed by atoms with van der Waals surface area (Å²) in [4.78, 5) is 15.5. The average molecular weight is 385 g/mol. The first-order chi connectivity index (χ1) is 12.6. The Balaban J connectivity index is 1.63. The van der Waals surface area contributed by atoms with Crippen LogP contribution in [0.15, 0.2) is 72.1 Å². The summed E-state index contributed by atoms with van der Waals surface area (Å²) in [6.45, 7) is 0.842. The number of likely N-dealkylation sites (N-methyl/N-ethyl adjacent to an activating group) is 1. The molecule has 0 fully saturated rings. The van der Waals surface area contributed by atoms with Gasteiger partial charge in [0, 0.05) is 23.5 Å². The lowest BCUT2D eigenvalue weighted by molar-refractivity contribution is -0.129. The molecule has 0 aliphatic heterocycles. The van der Waals surface area contributed by atoms with E-state index < -0.39 is 0 Å². The molecular weight excluding hydrogens is 364 g/mol. The van der Waals surface area contributed by atoms with E-state index in [1.54, 1.807) is 16.2 Å². The molecule has 134 valence electrons. The van der Waals surface area contributed by atoms with E-state index in [9.17, 15) is 4.79 Å². The molecule has 26 heavy (non-hydrogen) atoms. The number of carbonyl (C=O) groups excluding carboxylic acids is 1. The largest absolute Gasteiger partial charge is 0.340 e. The Labute approximate surface area is 163 Å². The van der Waals surface area contributed by atoms with Crippen LogP contribution in [-0.2, 0) is 11.3 Å². The summed E-state index contributed by atoms with van der Waals surface area (Å²) in [5.41, 5.74) is 2.21. The summed E-state index contributed by atoms with van der Waals surface area (Å²) in [5.74, 6) is 0.0532. The third-order valence-electron chi connectivity index (χ3n) is 4.18. The van der Waals surface area contributed by atoms with Crippen LogP contribution in [0.3, 0.4) is 0 Å². The maximum Gasteiger partial charge on any atom is 0.236 e. The van der Waals surface area contributed by atoms with Gasteiger partial charge < -0.3 is 4.90 Å². The fourth-order valence-electron chi connectivity index (χ4n) is 2.76. The van der Waals surface area contributed by atoms with Crippen LogP contribution < -0.4 is 5.32 Å². The maximum absolute atomic E-state index is 12.6. The number of hydrogen-bond acceptors (Lipinski definition) is 3. The maximum atomic E-state index is 12.6. The molecule has 1 N–H and O–H groups in total. The van der Waals surface area contributed by atoms with Crippen LogP contribution in [0, 0.1) is 0 Å². The Morgan fingerprint density at radius 2 is 1.81 bits per heavy atom. The van der Waals surface area contributed by atoms with Gasteiger partial charge in [-0.15, -0.1) is 11.3 Å². The number of thiophene rings is 1. The number of nitrogens with zero attached hydrogens (tertiary/aromatic N) is 1. The first-order valence-corrected chi connectivity index (χ1v) is 9.69. The summed E-state index contributed by atoms with van der Waals surface area (Å²) < 4.78 is 0. The molecular formula is C21H21ClN2OS. The second-order valence-electron chi connectivity index (χ2n) is 6.12. The molecule has 1 amide bonds. The Bertz CT molecular complexity index is 819. The summed E-state index contributed by atoms with van der Waals surface area (Å²) in [5, 5.41) is 6.17. The van der Waals surface area contributed by atoms with Crippen LogP contribution in [-0.4, -0.2) is 24.4 Å². The van der Waals surface area contributed by atoms with Crippen LogP contribution in [0.2, 0.25) is 5.02 Å². The fraction of sp³-hybridized carbons (Fsp3) is 0.190. The molecule has 0 aliphatic rings. The smallest absolute Gasteiger partial charge is 0.236 e. The minimum absolute atomic E-state index is 0.0177. The van der Waals surface area contributed by atoms with Crippen molar-refractivity contribution >= 4 is 28.8 Å². The van der Waals surface area contributed by atoms with E-state index in [-0.39, 0.29) is 18.5 Å². The van der Waals surface area contributed by atoms with Crippen LogP contribution in [0.1, 0.15) is 22.0 Å². The van der Waals surface area contributed by atoms with Gasteiger partial charge in [0.05, 0.1) is 12.6 Å². The van der Waals surface area contributed by atoms with E-state index in [4.69, 9.17) is 11.6 Å². The number of halogens is 1. The second kappa shape index (κ2) is 8.99. The van der Waals surface area contributed by atoms with Crippen molar-refractivity contribution < 1.29 is 4.79 Å². The SMILES string of the molecule is CN(Cc1ccc(Cl)cc1)C(=O)CN[C@@H](c1ccccc1)c1cccs1. The molecule has 3 nitrogen and oxygen atoms in total. The zero-order chi connectivity index (χ0) is 18.4. The third kappa shape index (κ3) is 4.94. The van der Waals surface area contributed by atoms with E-state index in [0.717, 1.165) is 11.1 Å². The zero-order valence-corrected chi connectivity index (χ0v) is 16.1. The highest BCUT2D eigenvalue weighted by Crippen LogP contribution is 2.25. The summed E-state index contributed by atoms with van der Waals surface area (Å²) in [6.07, 6.45) is 0. The first kappa shape index (κ1) is 18.6. The van der Waals surface area contributed by atoms with E-state index >= 15 is 0 Å². The molecule has 0 spiro atoms. The number of benzene rings is 2. The van der Waals surface area contributed by atoms with Crippen molar-refractivity contribution in [3.63, 3.8) is 0 Å². The van der Waals surface area contributed by atoms with Gasteiger partial charge in [-0.2, -0.15) is 0 Å². The van der Waals surface area contributed by atoms with Crippen molar-refractivity contribution in [2.45, 2.75) is 12.6 Å². The first-order valence-electron chi connectivity index (χ1n) is 8.43. The normalized spacial score (nSPS) is 11.9. The average Bonchev–Trinajstić information content (AvgIpc) is 3.19. The van der Waals surface area contributed by atoms with E-state index in [0.29, 0.717) is 11.6 Å². The predicted octanol–water partition coefficient (Wildman–Crippen LogP) is 4.74. The van der Waals surface area contributed by atoms with Crippen LogP contribution >= 0.6 is 22.9 Å². The monoisotopic (exact) mass is 384 g/mol. The molecule has 0 saturated carbocycles. The lowest BCUT2D eigenvalue weighted by Gasteiger charge is -2.21. The van der Waals surface area contributed by atoms with Crippen LogP contribution in [0.5, 0.6) is 0 Å². The van der Waals surface area contributed by atoms with Crippen molar-refractivity contribution in [2.24, 2.45) is 0 Å². The Hall–Kier alpha value is -2.14. The zero-order valence-electron chi connectivity index (χ0n) is 14.6. The molecule has 0 bridgehead atoms. The molecule has 0 aliphatic carbocycles. The molecule has 0 unspecified atom stereocenters. The minimum atomic E-state index is 0.0177. The highest BCUT2D eigenvalue weighted by Gasteiger charge is 2.17. The molecule has 0 radical (unpaired) electrons. The quantitative estimate of drug-likeness (QED) is 0.638. The molecule has 0 saturated heterocycles. The molecule has 3 rings (SSSR count). The highest BCUT2D eigenvalue weighted by molar-refractivity contribution is 7.10. The van der Waals surface area contributed by atoms with Crippen molar-refractivity contribution in [3.8, 4) is 0 Å². The molecule has 1 aromatic heterocycles. The van der Waals surface area contributed by atoms with E-state index in [2.05, 4.69) is 28.9 Å². The van der Waals surface area contributed by atoms with Gasteiger partial charge in [0.2, 0.25) is 5.91 Å². The van der Waals surface area contributed by atoms with Crippen molar-refractivity contribution in [2.75, 3.05) is 13.6 Å². The Morgan fingerprint density at radius 3 is 2.46 bits per heavy atom. The second-order valence-corrected chi connectivity index (χ2v) is 7.53. The summed E-state index contributed by atoms with van der Waals surface area (Å²) in [6, 6.07) is 21.9. The minimum Gasteiger partial charge on any atom is -0.340 e. The summed E-state index contributed by atoms with van der Waals surface area (Å²) in [7, 11) is 1.82. The van der Waals surface area contributed by atoms with Gasteiger partial charge in [0.15, 0.2) is 0 Å². The lowest BCUT2D eigenvalue weighted by Crippen LogP contribution is -2.36. The standard InChI is InChI=1S/C21H21ClN2OS/c1-24(15-16-9-11-18(22)12-10-16)20(25)14-23-21(19-8-5-13-26-19)17-6-3-2-4-7-17/h2-13,21,23H,14-15H2,1H3/t21-/m0/s1. The van der Waals surface area contributed by atoms with Crippen molar-refractivity contribution in [1.29, 1.82) is 0 Å². The topological polar surface area (TPSA) is 32.3 Å². The van der Waals surface area contributed by atoms with E-state index in [1.807, 2.05) is 55.6 Å². The highest BCUT2D eigenvalue weighted by atomic mass is 35.5. The van der Waals surface area contributed by atoms with Gasteiger partial charge in [-0.3, -0.25) is 10.1 Å².